The number of hydrogen-bond acceptors (Lipinski definition) is 5. The van der Waals surface area contributed by atoms with Gasteiger partial charge in [-0.05, 0) is 18.1 Å². The summed E-state index contributed by atoms with van der Waals surface area (Å²) in [7, 11) is 0. The minimum absolute atomic E-state index is 0.0734. The van der Waals surface area contributed by atoms with Crippen LogP contribution in [-0.4, -0.2) is 26.6 Å². The number of alkyl halides is 1. The Hall–Kier alpha value is -1.49. The van der Waals surface area contributed by atoms with Crippen LogP contribution in [0.25, 0.3) is 0 Å². The van der Waals surface area contributed by atoms with Gasteiger partial charge in [0.25, 0.3) is 5.69 Å². The summed E-state index contributed by atoms with van der Waals surface area (Å²) in [5, 5.41) is 39.4. The molecule has 0 aromatic heterocycles. The van der Waals surface area contributed by atoms with Crippen LogP contribution in [0.3, 0.4) is 0 Å². The van der Waals surface area contributed by atoms with Gasteiger partial charge >= 0.3 is 0 Å². The van der Waals surface area contributed by atoms with E-state index in [4.69, 9.17) is 5.26 Å². The smallest absolute Gasteiger partial charge is 0.271 e. The maximum absolute atomic E-state index is 10.7. The summed E-state index contributed by atoms with van der Waals surface area (Å²) in [6, 6.07) is 5.38. The van der Waals surface area contributed by atoms with Crippen molar-refractivity contribution in [3.63, 3.8) is 0 Å². The highest BCUT2D eigenvalue weighted by Gasteiger charge is 2.21. The van der Waals surface area contributed by atoms with E-state index in [0.29, 0.717) is 11.8 Å². The molecule has 0 bridgehead atoms. The lowest BCUT2D eigenvalue weighted by molar-refractivity contribution is -0.385. The van der Waals surface area contributed by atoms with Gasteiger partial charge < -0.3 is 10.2 Å². The number of nitrogens with zero attached hydrogens (tertiary/aromatic N) is 2. The number of aliphatic hydroxyl groups is 2. The Labute approximate surface area is 112 Å². The summed E-state index contributed by atoms with van der Waals surface area (Å²) in [5.41, 5.74) is -0.0485. The summed E-state index contributed by atoms with van der Waals surface area (Å²) in [4.78, 5) is 10.0. The number of rotatable bonds is 5. The Morgan fingerprint density at radius 1 is 1.44 bits per heavy atom. The second-order valence-corrected chi connectivity index (χ2v) is 4.46. The van der Waals surface area contributed by atoms with Crippen molar-refractivity contribution in [3.8, 4) is 6.07 Å². The number of benzene rings is 1. The zero-order chi connectivity index (χ0) is 13.7. The number of aliphatic hydroxyl groups excluding tert-OH is 2. The molecule has 0 aliphatic carbocycles. The van der Waals surface area contributed by atoms with E-state index in [0.717, 1.165) is 12.1 Å². The average molecular weight is 315 g/mol. The van der Waals surface area contributed by atoms with Crippen molar-refractivity contribution >= 4 is 21.6 Å². The van der Waals surface area contributed by atoms with Crippen molar-refractivity contribution < 1.29 is 15.1 Å². The minimum atomic E-state index is -1.26. The maximum Gasteiger partial charge on any atom is 0.271 e. The summed E-state index contributed by atoms with van der Waals surface area (Å²) < 4.78 is 0. The van der Waals surface area contributed by atoms with Crippen LogP contribution in [0, 0.1) is 21.4 Å². The second-order valence-electron chi connectivity index (χ2n) is 3.67. The van der Waals surface area contributed by atoms with Gasteiger partial charge in [-0.15, -0.1) is 0 Å². The predicted molar refractivity (Wildman–Crippen MR) is 67.2 cm³/mol. The van der Waals surface area contributed by atoms with Gasteiger partial charge in [0.05, 0.1) is 22.7 Å². The molecule has 7 heteroatoms. The first kappa shape index (κ1) is 14.6. The largest absolute Gasteiger partial charge is 0.390 e. The van der Waals surface area contributed by atoms with Gasteiger partial charge in [-0.2, -0.15) is 5.26 Å². The van der Waals surface area contributed by atoms with Gasteiger partial charge in [-0.3, -0.25) is 10.1 Å². The van der Waals surface area contributed by atoms with Crippen LogP contribution < -0.4 is 0 Å². The lowest BCUT2D eigenvalue weighted by atomic mass is 10.00. The van der Waals surface area contributed by atoms with E-state index in [1.165, 1.54) is 6.07 Å². The van der Waals surface area contributed by atoms with Gasteiger partial charge in [-0.1, -0.05) is 15.9 Å². The number of halogens is 1. The molecule has 2 unspecified atom stereocenters. The molecule has 0 aliphatic heterocycles. The van der Waals surface area contributed by atoms with Gasteiger partial charge in [-0.25, -0.2) is 0 Å². The number of non-ortho nitro benzene ring substituents is 1. The Bertz CT molecular complexity index is 486. The zero-order valence-corrected chi connectivity index (χ0v) is 10.9. The van der Waals surface area contributed by atoms with Crippen LogP contribution in [0.2, 0.25) is 0 Å². The van der Waals surface area contributed by atoms with Crippen LogP contribution in [-0.2, 0) is 0 Å². The molecule has 0 radical (unpaired) electrons. The van der Waals surface area contributed by atoms with Crippen LogP contribution >= 0.6 is 15.9 Å². The van der Waals surface area contributed by atoms with Gasteiger partial charge in [0.2, 0.25) is 0 Å². The van der Waals surface area contributed by atoms with Gasteiger partial charge in [0, 0.05) is 17.5 Å². The molecule has 0 heterocycles. The van der Waals surface area contributed by atoms with Gasteiger partial charge in [0.1, 0.15) is 6.10 Å². The van der Waals surface area contributed by atoms with E-state index in [2.05, 4.69) is 15.9 Å². The quantitative estimate of drug-likeness (QED) is 0.488. The first-order valence-electron chi connectivity index (χ1n) is 5.11. The molecule has 18 heavy (non-hydrogen) atoms. The lowest BCUT2D eigenvalue weighted by Crippen LogP contribution is -2.18. The zero-order valence-electron chi connectivity index (χ0n) is 9.28. The molecule has 0 saturated heterocycles. The standard InChI is InChI=1S/C11H11BrN2O4/c12-2-1-10(15)11(16)8-3-7(6-13)4-9(5-8)14(17)18/h3-5,10-11,15-16H,1-2H2. The fourth-order valence-electron chi connectivity index (χ4n) is 1.47. The average Bonchev–Trinajstić information content (AvgIpc) is 2.37. The van der Waals surface area contributed by atoms with Crippen molar-refractivity contribution in [2.24, 2.45) is 0 Å². The Morgan fingerprint density at radius 3 is 2.61 bits per heavy atom. The summed E-state index contributed by atoms with van der Waals surface area (Å²) in [6.07, 6.45) is -2.00. The van der Waals surface area contributed by atoms with Crippen molar-refractivity contribution in [3.05, 3.63) is 39.4 Å². The van der Waals surface area contributed by atoms with Crippen LogP contribution in [0.15, 0.2) is 18.2 Å². The molecule has 0 saturated carbocycles. The number of hydrogen-bond donors (Lipinski definition) is 2. The normalized spacial score (nSPS) is 13.7. The first-order valence-corrected chi connectivity index (χ1v) is 6.23. The van der Waals surface area contributed by atoms with Crippen molar-refractivity contribution in [2.45, 2.75) is 18.6 Å². The predicted octanol–water partition coefficient (Wildman–Crippen LogP) is 1.65. The highest BCUT2D eigenvalue weighted by atomic mass is 79.9. The summed E-state index contributed by atoms with van der Waals surface area (Å²) in [5.74, 6) is 0. The van der Waals surface area contributed by atoms with Crippen LogP contribution in [0.1, 0.15) is 23.7 Å². The van der Waals surface area contributed by atoms with Gasteiger partial charge in [0.15, 0.2) is 0 Å². The monoisotopic (exact) mass is 314 g/mol. The second kappa shape index (κ2) is 6.44. The number of nitro groups is 1. The molecule has 6 nitrogen and oxygen atoms in total. The SMILES string of the molecule is N#Cc1cc(C(O)C(O)CCBr)cc([N+](=O)[O-])c1. The van der Waals surface area contributed by atoms with Crippen molar-refractivity contribution in [1.29, 1.82) is 5.26 Å². The molecular weight excluding hydrogens is 304 g/mol. The van der Waals surface area contributed by atoms with Crippen molar-refractivity contribution in [1.82, 2.24) is 0 Å². The molecular formula is C11H11BrN2O4. The highest BCUT2D eigenvalue weighted by Crippen LogP contribution is 2.25. The van der Waals surface area contributed by atoms with E-state index in [1.54, 1.807) is 6.07 Å². The van der Waals surface area contributed by atoms with E-state index in [-0.39, 0.29) is 16.8 Å². The molecule has 1 aromatic rings. The number of nitriles is 1. The molecule has 0 fully saturated rings. The van der Waals surface area contributed by atoms with Crippen molar-refractivity contribution in [2.75, 3.05) is 5.33 Å². The number of nitro benzene ring substituents is 1. The van der Waals surface area contributed by atoms with Crippen LogP contribution in [0.5, 0.6) is 0 Å². The Balaban J connectivity index is 3.12. The molecule has 0 spiro atoms. The molecule has 0 amide bonds. The summed E-state index contributed by atoms with van der Waals surface area (Å²) in [6.45, 7) is 0. The fraction of sp³-hybridized carbons (Fsp3) is 0.364. The van der Waals surface area contributed by atoms with E-state index in [1.807, 2.05) is 0 Å². The first-order chi connectivity index (χ1) is 8.49. The maximum atomic E-state index is 10.7. The summed E-state index contributed by atoms with van der Waals surface area (Å²) >= 11 is 3.12. The topological polar surface area (TPSA) is 107 Å². The molecule has 2 atom stereocenters. The molecule has 2 N–H and O–H groups in total. The third-order valence-electron chi connectivity index (χ3n) is 2.39. The van der Waals surface area contributed by atoms with E-state index < -0.39 is 17.1 Å². The molecule has 1 rings (SSSR count). The molecule has 1 aromatic carbocycles. The van der Waals surface area contributed by atoms with E-state index in [9.17, 15) is 20.3 Å². The third-order valence-corrected chi connectivity index (χ3v) is 2.85. The highest BCUT2D eigenvalue weighted by molar-refractivity contribution is 9.09. The Morgan fingerprint density at radius 2 is 2.11 bits per heavy atom. The molecule has 96 valence electrons. The fourth-order valence-corrected chi connectivity index (χ4v) is 1.94. The molecule has 0 aliphatic rings. The Kier molecular flexibility index (Phi) is 5.22. The van der Waals surface area contributed by atoms with Crippen LogP contribution in [0.4, 0.5) is 5.69 Å². The minimum Gasteiger partial charge on any atom is -0.390 e. The lowest BCUT2D eigenvalue weighted by Gasteiger charge is -2.17. The van der Waals surface area contributed by atoms with E-state index >= 15 is 0 Å². The third kappa shape index (κ3) is 3.50.